The summed E-state index contributed by atoms with van der Waals surface area (Å²) in [6, 6.07) is 1.75. The molecule has 0 unspecified atom stereocenters. The number of hydrogen-bond donors (Lipinski definition) is 2. The van der Waals surface area contributed by atoms with Crippen molar-refractivity contribution in [2.45, 2.75) is 44.8 Å². The van der Waals surface area contributed by atoms with Gasteiger partial charge in [-0.1, -0.05) is 15.9 Å². The van der Waals surface area contributed by atoms with Crippen LogP contribution in [0.1, 0.15) is 39.2 Å². The normalized spacial score (nSPS) is 21.6. The van der Waals surface area contributed by atoms with Crippen LogP contribution in [0.3, 0.4) is 0 Å². The predicted molar refractivity (Wildman–Crippen MR) is 94.2 cm³/mol. The molecule has 0 saturated carbocycles. The zero-order valence-electron chi connectivity index (χ0n) is 12.2. The molecule has 116 valence electrons. The van der Waals surface area contributed by atoms with Crippen LogP contribution in [-0.4, -0.2) is 23.4 Å². The summed E-state index contributed by atoms with van der Waals surface area (Å²) >= 11 is 10.1. The van der Waals surface area contributed by atoms with Gasteiger partial charge in [0.15, 0.2) is 0 Å². The molecular weight excluding hydrogens is 469 g/mol. The Morgan fingerprint density at radius 2 is 1.57 bits per heavy atom. The van der Waals surface area contributed by atoms with E-state index in [1.807, 2.05) is 27.7 Å². The molecule has 1 heterocycles. The lowest BCUT2D eigenvalue weighted by Crippen LogP contribution is -2.41. The van der Waals surface area contributed by atoms with Gasteiger partial charge in [-0.3, -0.25) is 0 Å². The summed E-state index contributed by atoms with van der Waals surface area (Å²) in [7, 11) is -0.594. The van der Waals surface area contributed by atoms with Crippen LogP contribution in [0.2, 0.25) is 0 Å². The number of halogens is 3. The van der Waals surface area contributed by atoms with E-state index in [9.17, 15) is 5.11 Å². The summed E-state index contributed by atoms with van der Waals surface area (Å²) in [6.45, 7) is 7.90. The van der Waals surface area contributed by atoms with Crippen molar-refractivity contribution in [2.75, 3.05) is 0 Å². The number of phenolic OH excluding ortho intramolecular Hbond substituents is 1. The molecule has 0 aromatic heterocycles. The fourth-order valence-electron chi connectivity index (χ4n) is 2.07. The highest BCUT2D eigenvalue weighted by Crippen LogP contribution is 2.45. The number of rotatable bonds is 2. The predicted octanol–water partition coefficient (Wildman–Crippen LogP) is 4.31. The molecule has 1 aliphatic heterocycles. The first-order valence-corrected chi connectivity index (χ1v) is 8.83. The second kappa shape index (κ2) is 5.80. The van der Waals surface area contributed by atoms with Gasteiger partial charge < -0.3 is 20.1 Å². The quantitative estimate of drug-likeness (QED) is 0.613. The second-order valence-corrected chi connectivity index (χ2v) is 8.57. The molecule has 1 saturated heterocycles. The average Bonchev–Trinajstić information content (AvgIpc) is 2.55. The average molecular weight is 486 g/mol. The molecule has 1 atom stereocenters. The van der Waals surface area contributed by atoms with E-state index in [-0.39, 0.29) is 5.75 Å². The van der Waals surface area contributed by atoms with Crippen molar-refractivity contribution in [3.05, 3.63) is 25.0 Å². The summed E-state index contributed by atoms with van der Waals surface area (Å²) in [5, 5.41) is 10.1. The second-order valence-electron chi connectivity index (χ2n) is 6.07. The lowest BCUT2D eigenvalue weighted by atomic mass is 9.75. The number of hydrogen-bond acceptors (Lipinski definition) is 4. The maximum atomic E-state index is 10.1. The van der Waals surface area contributed by atoms with Crippen LogP contribution in [0, 0.1) is 0 Å². The van der Waals surface area contributed by atoms with Crippen LogP contribution >= 0.6 is 47.8 Å². The van der Waals surface area contributed by atoms with E-state index in [1.165, 1.54) is 0 Å². The molecule has 0 bridgehead atoms. The summed E-state index contributed by atoms with van der Waals surface area (Å²) in [5.41, 5.74) is 6.12. The maximum absolute atomic E-state index is 10.1. The minimum Gasteiger partial charge on any atom is -0.506 e. The van der Waals surface area contributed by atoms with Gasteiger partial charge in [0.1, 0.15) is 5.75 Å². The highest BCUT2D eigenvalue weighted by molar-refractivity contribution is 9.11. The van der Waals surface area contributed by atoms with Crippen molar-refractivity contribution in [2.24, 2.45) is 5.73 Å². The number of nitrogens with two attached hydrogens (primary N) is 1. The van der Waals surface area contributed by atoms with Crippen LogP contribution in [0.25, 0.3) is 0 Å². The first-order chi connectivity index (χ1) is 9.48. The van der Waals surface area contributed by atoms with E-state index >= 15 is 0 Å². The zero-order chi connectivity index (χ0) is 16.2. The lowest BCUT2D eigenvalue weighted by molar-refractivity contribution is 0.00578. The van der Waals surface area contributed by atoms with Crippen molar-refractivity contribution in [3.8, 4) is 5.75 Å². The van der Waals surface area contributed by atoms with E-state index in [1.54, 1.807) is 6.07 Å². The Balaban J connectivity index is 2.39. The number of phenols is 1. The Labute approximate surface area is 150 Å². The Morgan fingerprint density at radius 3 is 2.05 bits per heavy atom. The van der Waals surface area contributed by atoms with Crippen molar-refractivity contribution < 1.29 is 14.4 Å². The van der Waals surface area contributed by atoms with Gasteiger partial charge in [-0.15, -0.1) is 0 Å². The molecule has 1 aliphatic rings. The third-order valence-corrected chi connectivity index (χ3v) is 6.14. The SMILES string of the molecule is CC1(C)OB([C@@H](N)c2c(Br)cc(Br)c(O)c2Br)OC1(C)C. The molecule has 1 aromatic rings. The fourth-order valence-corrected chi connectivity index (χ4v) is 4.72. The fraction of sp³-hybridized carbons (Fsp3) is 0.538. The molecule has 0 aliphatic carbocycles. The Hall–Kier alpha value is 0.405. The minimum absolute atomic E-state index is 0.0974. The molecule has 0 spiro atoms. The van der Waals surface area contributed by atoms with Crippen molar-refractivity contribution in [1.82, 2.24) is 0 Å². The van der Waals surface area contributed by atoms with Gasteiger partial charge >= 0.3 is 7.12 Å². The summed E-state index contributed by atoms with van der Waals surface area (Å²) in [5.74, 6) is -0.450. The molecule has 3 N–H and O–H groups in total. The first kappa shape index (κ1) is 17.8. The zero-order valence-corrected chi connectivity index (χ0v) is 17.0. The number of benzene rings is 1. The van der Waals surface area contributed by atoms with E-state index in [0.29, 0.717) is 14.5 Å². The van der Waals surface area contributed by atoms with Crippen molar-refractivity contribution in [3.63, 3.8) is 0 Å². The summed E-state index contributed by atoms with van der Waals surface area (Å²) in [6.07, 6.45) is 0. The van der Waals surface area contributed by atoms with Gasteiger partial charge in [0.25, 0.3) is 0 Å². The lowest BCUT2D eigenvalue weighted by Gasteiger charge is -2.32. The standard InChI is InChI=1S/C13H17BBr3NO3/c1-12(2)13(3,4)21-14(20-12)11(18)8-6(15)5-7(16)10(19)9(8)17/h5,11,19H,18H2,1-4H3/t11-/m0/s1. The smallest absolute Gasteiger partial charge is 0.480 e. The Morgan fingerprint density at radius 1 is 1.10 bits per heavy atom. The van der Waals surface area contributed by atoms with Crippen LogP contribution in [0.15, 0.2) is 19.5 Å². The third kappa shape index (κ3) is 3.08. The van der Waals surface area contributed by atoms with E-state index < -0.39 is 24.3 Å². The largest absolute Gasteiger partial charge is 0.506 e. The monoisotopic (exact) mass is 483 g/mol. The molecule has 8 heteroatoms. The topological polar surface area (TPSA) is 64.7 Å². The van der Waals surface area contributed by atoms with Gasteiger partial charge in [-0.25, -0.2) is 0 Å². The van der Waals surface area contributed by atoms with Gasteiger partial charge in [0.05, 0.1) is 26.1 Å². The molecule has 1 fully saturated rings. The molecule has 4 nitrogen and oxygen atoms in total. The third-order valence-electron chi connectivity index (χ3n) is 4.08. The van der Waals surface area contributed by atoms with Gasteiger partial charge in [-0.2, -0.15) is 0 Å². The Bertz CT molecular complexity index is 564. The molecule has 2 rings (SSSR count). The summed E-state index contributed by atoms with van der Waals surface area (Å²) in [4.78, 5) is 0. The molecule has 0 amide bonds. The van der Waals surface area contributed by atoms with Gasteiger partial charge in [0, 0.05) is 4.47 Å². The minimum atomic E-state index is -0.594. The van der Waals surface area contributed by atoms with E-state index in [0.717, 1.165) is 4.47 Å². The van der Waals surface area contributed by atoms with Crippen LogP contribution in [0.4, 0.5) is 0 Å². The molecule has 21 heavy (non-hydrogen) atoms. The van der Waals surface area contributed by atoms with Gasteiger partial charge in [0.2, 0.25) is 0 Å². The molecule has 1 aromatic carbocycles. The number of aromatic hydroxyl groups is 1. The summed E-state index contributed by atoms with van der Waals surface area (Å²) < 4.78 is 13.8. The Kier molecular flexibility index (Phi) is 4.90. The highest BCUT2D eigenvalue weighted by atomic mass is 79.9. The van der Waals surface area contributed by atoms with Crippen LogP contribution in [0.5, 0.6) is 5.75 Å². The van der Waals surface area contributed by atoms with Crippen molar-refractivity contribution >= 4 is 54.9 Å². The highest BCUT2D eigenvalue weighted by Gasteiger charge is 2.53. The first-order valence-electron chi connectivity index (χ1n) is 6.45. The van der Waals surface area contributed by atoms with E-state index in [4.69, 9.17) is 15.0 Å². The van der Waals surface area contributed by atoms with Crippen molar-refractivity contribution in [1.29, 1.82) is 0 Å². The molecular formula is C13H17BBr3NO3. The van der Waals surface area contributed by atoms with E-state index in [2.05, 4.69) is 47.8 Å². The maximum Gasteiger partial charge on any atom is 0.480 e. The molecule has 0 radical (unpaired) electrons. The van der Waals surface area contributed by atoms with Gasteiger partial charge in [-0.05, 0) is 71.2 Å². The van der Waals surface area contributed by atoms with Crippen LogP contribution in [-0.2, 0) is 9.31 Å². The van der Waals surface area contributed by atoms with Crippen LogP contribution < -0.4 is 5.73 Å².